The molecule has 4 heteroatoms. The molecule has 72 valence electrons. The van der Waals surface area contributed by atoms with E-state index in [-0.39, 0.29) is 5.97 Å². The number of esters is 1. The number of carbonyl (C=O) groups is 1. The molecular weight excluding hydrogens is 158 g/mol. The molecule has 0 spiro atoms. The summed E-state index contributed by atoms with van der Waals surface area (Å²) in [7, 11) is 1.61. The topological polar surface area (TPSA) is 61.6 Å². The molecule has 4 nitrogen and oxygen atoms in total. The van der Waals surface area contributed by atoms with Gasteiger partial charge in [-0.05, 0) is 6.42 Å². The van der Waals surface area contributed by atoms with Gasteiger partial charge in [0, 0.05) is 20.1 Å². The Hall–Kier alpha value is -0.610. The third kappa shape index (κ3) is 5.09. The van der Waals surface area contributed by atoms with Crippen molar-refractivity contribution < 1.29 is 14.3 Å². The third-order valence-corrected chi connectivity index (χ3v) is 1.48. The van der Waals surface area contributed by atoms with E-state index in [2.05, 4.69) is 0 Å². The summed E-state index contributed by atoms with van der Waals surface area (Å²) in [6.45, 7) is 2.84. The van der Waals surface area contributed by atoms with E-state index in [0.717, 1.165) is 6.42 Å². The number of methoxy groups -OCH3 is 1. The number of carbonyl (C=O) groups excluding carboxylic acids is 1. The smallest absolute Gasteiger partial charge is 0.322 e. The second-order valence-electron chi connectivity index (χ2n) is 2.53. The van der Waals surface area contributed by atoms with Gasteiger partial charge in [-0.2, -0.15) is 0 Å². The Balaban J connectivity index is 3.31. The highest BCUT2D eigenvalue weighted by molar-refractivity contribution is 5.75. The zero-order valence-electron chi connectivity index (χ0n) is 7.71. The van der Waals surface area contributed by atoms with Gasteiger partial charge in [-0.3, -0.25) is 4.79 Å². The minimum absolute atomic E-state index is 0.325. The van der Waals surface area contributed by atoms with E-state index in [1.807, 2.05) is 6.92 Å². The van der Waals surface area contributed by atoms with Gasteiger partial charge in [0.1, 0.15) is 6.04 Å². The second-order valence-corrected chi connectivity index (χ2v) is 2.53. The van der Waals surface area contributed by atoms with Crippen LogP contribution >= 0.6 is 0 Å². The Labute approximate surface area is 73.0 Å². The van der Waals surface area contributed by atoms with Gasteiger partial charge in [0.15, 0.2) is 0 Å². The van der Waals surface area contributed by atoms with Crippen molar-refractivity contribution in [1.82, 2.24) is 0 Å². The van der Waals surface area contributed by atoms with Crippen LogP contribution in [0.1, 0.15) is 19.8 Å². The molecule has 0 aromatic heterocycles. The summed E-state index contributed by atoms with van der Waals surface area (Å²) < 4.78 is 9.64. The summed E-state index contributed by atoms with van der Waals surface area (Å²) in [5, 5.41) is 0. The molecule has 12 heavy (non-hydrogen) atoms. The van der Waals surface area contributed by atoms with Gasteiger partial charge in [0.05, 0.1) is 6.61 Å². The minimum atomic E-state index is -0.479. The predicted molar refractivity (Wildman–Crippen MR) is 45.7 cm³/mol. The Morgan fingerprint density at radius 3 is 2.67 bits per heavy atom. The fourth-order valence-corrected chi connectivity index (χ4v) is 0.650. The van der Waals surface area contributed by atoms with Crippen molar-refractivity contribution in [3.63, 3.8) is 0 Å². The van der Waals surface area contributed by atoms with Crippen molar-refractivity contribution >= 4 is 5.97 Å². The lowest BCUT2D eigenvalue weighted by Crippen LogP contribution is -2.31. The molecule has 0 amide bonds. The van der Waals surface area contributed by atoms with E-state index in [4.69, 9.17) is 15.2 Å². The van der Waals surface area contributed by atoms with Crippen LogP contribution in [0.25, 0.3) is 0 Å². The molecule has 0 aromatic carbocycles. The molecule has 0 aliphatic carbocycles. The van der Waals surface area contributed by atoms with Crippen molar-refractivity contribution in [3.05, 3.63) is 0 Å². The highest BCUT2D eigenvalue weighted by atomic mass is 16.5. The fraction of sp³-hybridized carbons (Fsp3) is 0.875. The molecular formula is C8H17NO3. The van der Waals surface area contributed by atoms with Gasteiger partial charge in [0.2, 0.25) is 0 Å². The lowest BCUT2D eigenvalue weighted by molar-refractivity contribution is -0.145. The van der Waals surface area contributed by atoms with Gasteiger partial charge in [-0.25, -0.2) is 0 Å². The third-order valence-electron chi connectivity index (χ3n) is 1.48. The number of hydrogen-bond acceptors (Lipinski definition) is 4. The molecule has 1 atom stereocenters. The van der Waals surface area contributed by atoms with Gasteiger partial charge in [-0.1, -0.05) is 6.92 Å². The Kier molecular flexibility index (Phi) is 6.70. The summed E-state index contributed by atoms with van der Waals surface area (Å²) in [6.07, 6.45) is 1.34. The van der Waals surface area contributed by atoms with Gasteiger partial charge in [0.25, 0.3) is 0 Å². The summed E-state index contributed by atoms with van der Waals surface area (Å²) >= 11 is 0. The molecule has 0 aromatic rings. The quantitative estimate of drug-likeness (QED) is 0.466. The fourth-order valence-electron chi connectivity index (χ4n) is 0.650. The van der Waals surface area contributed by atoms with Crippen LogP contribution in [-0.4, -0.2) is 32.3 Å². The maximum Gasteiger partial charge on any atom is 0.322 e. The minimum Gasteiger partial charge on any atom is -0.464 e. The van der Waals surface area contributed by atoms with E-state index >= 15 is 0 Å². The number of nitrogens with two attached hydrogens (primary N) is 1. The van der Waals surface area contributed by atoms with E-state index in [1.54, 1.807) is 7.11 Å². The molecule has 2 N–H and O–H groups in total. The highest BCUT2D eigenvalue weighted by Gasteiger charge is 2.11. The number of rotatable bonds is 6. The van der Waals surface area contributed by atoms with Gasteiger partial charge >= 0.3 is 5.97 Å². The monoisotopic (exact) mass is 175 g/mol. The first kappa shape index (κ1) is 11.4. The zero-order valence-corrected chi connectivity index (χ0v) is 7.71. The molecule has 0 aliphatic rings. The van der Waals surface area contributed by atoms with Crippen LogP contribution in [-0.2, 0) is 14.3 Å². The molecule has 1 unspecified atom stereocenters. The number of ether oxygens (including phenoxy) is 2. The summed E-state index contributed by atoms with van der Waals surface area (Å²) in [4.78, 5) is 10.9. The van der Waals surface area contributed by atoms with E-state index in [1.165, 1.54) is 0 Å². The molecule has 0 heterocycles. The highest BCUT2D eigenvalue weighted by Crippen LogP contribution is 1.92. The molecule has 0 bridgehead atoms. The lowest BCUT2D eigenvalue weighted by atomic mass is 10.2. The lowest BCUT2D eigenvalue weighted by Gasteiger charge is -2.08. The maximum atomic E-state index is 10.9. The van der Waals surface area contributed by atoms with Crippen molar-refractivity contribution in [3.8, 4) is 0 Å². The molecule has 0 rings (SSSR count). The van der Waals surface area contributed by atoms with Crippen LogP contribution in [0.3, 0.4) is 0 Å². The summed E-state index contributed by atoms with van der Waals surface area (Å²) in [6, 6.07) is -0.479. The maximum absolute atomic E-state index is 10.9. The van der Waals surface area contributed by atoms with Crippen LogP contribution in [0.5, 0.6) is 0 Å². The molecule has 0 saturated heterocycles. The van der Waals surface area contributed by atoms with Gasteiger partial charge < -0.3 is 15.2 Å². The van der Waals surface area contributed by atoms with Crippen LogP contribution in [0.4, 0.5) is 0 Å². The average Bonchev–Trinajstić information content (AvgIpc) is 2.10. The van der Waals surface area contributed by atoms with Crippen molar-refractivity contribution in [2.45, 2.75) is 25.8 Å². The van der Waals surface area contributed by atoms with Crippen molar-refractivity contribution in [1.29, 1.82) is 0 Å². The second kappa shape index (κ2) is 7.06. The predicted octanol–water partition coefficient (Wildman–Crippen LogP) is 0.303. The normalized spacial score (nSPS) is 12.6. The first-order valence-corrected chi connectivity index (χ1v) is 4.13. The van der Waals surface area contributed by atoms with Gasteiger partial charge in [-0.15, -0.1) is 0 Å². The first-order valence-electron chi connectivity index (χ1n) is 4.13. The van der Waals surface area contributed by atoms with Crippen molar-refractivity contribution in [2.24, 2.45) is 5.73 Å². The SMILES string of the molecule is CCC(N)C(=O)OCCCOC. The molecule has 0 radical (unpaired) electrons. The zero-order chi connectivity index (χ0) is 9.40. The Morgan fingerprint density at radius 1 is 1.50 bits per heavy atom. The van der Waals surface area contributed by atoms with Crippen LogP contribution in [0.15, 0.2) is 0 Å². The summed E-state index contributed by atoms with van der Waals surface area (Å²) in [5.41, 5.74) is 5.43. The Morgan fingerprint density at radius 2 is 2.17 bits per heavy atom. The Bertz CT molecular complexity index is 127. The molecule has 0 saturated carbocycles. The molecule has 0 fully saturated rings. The van der Waals surface area contributed by atoms with Crippen LogP contribution in [0.2, 0.25) is 0 Å². The number of hydrogen-bond donors (Lipinski definition) is 1. The van der Waals surface area contributed by atoms with Crippen molar-refractivity contribution in [2.75, 3.05) is 20.3 Å². The van der Waals surface area contributed by atoms with E-state index < -0.39 is 6.04 Å². The largest absolute Gasteiger partial charge is 0.464 e. The molecule has 0 aliphatic heterocycles. The average molecular weight is 175 g/mol. The van der Waals surface area contributed by atoms with Crippen LogP contribution < -0.4 is 5.73 Å². The first-order chi connectivity index (χ1) is 5.72. The summed E-state index contributed by atoms with van der Waals surface area (Å²) in [5.74, 6) is -0.325. The van der Waals surface area contributed by atoms with Crippen LogP contribution in [0, 0.1) is 0 Å². The van der Waals surface area contributed by atoms with E-state index in [0.29, 0.717) is 19.6 Å². The standard InChI is InChI=1S/C8H17NO3/c1-3-7(9)8(10)12-6-4-5-11-2/h7H,3-6,9H2,1-2H3. The van der Waals surface area contributed by atoms with E-state index in [9.17, 15) is 4.79 Å².